The molecule has 2 aromatic carbocycles. The van der Waals surface area contributed by atoms with Gasteiger partial charge in [0.15, 0.2) is 0 Å². The minimum absolute atomic E-state index is 0.00441. The normalized spacial score (nSPS) is 18.5. The minimum Gasteiger partial charge on any atom is -0.372 e. The summed E-state index contributed by atoms with van der Waals surface area (Å²) in [5, 5.41) is 2.80. The number of morpholine rings is 1. The standard InChI is InChI=1S/C24H29N3O5S/c1-4-13-26-33(30,31)22-11-9-20(10-12-22)23(28)25-14-19-5-7-21(8-6-19)24(29)27-15-17(2)32-18(3)16-27/h4-12,17-18,26H,1,13-16H2,2-3H3,(H,25,28). The highest BCUT2D eigenvalue weighted by Gasteiger charge is 2.26. The fraction of sp³-hybridized carbons (Fsp3) is 0.333. The average molecular weight is 472 g/mol. The molecule has 2 atom stereocenters. The van der Waals surface area contributed by atoms with Gasteiger partial charge in [0.05, 0.1) is 17.1 Å². The largest absolute Gasteiger partial charge is 0.372 e. The van der Waals surface area contributed by atoms with E-state index in [0.717, 1.165) is 5.56 Å². The van der Waals surface area contributed by atoms with E-state index in [1.807, 2.05) is 26.0 Å². The second kappa shape index (κ2) is 10.7. The van der Waals surface area contributed by atoms with E-state index >= 15 is 0 Å². The smallest absolute Gasteiger partial charge is 0.254 e. The zero-order valence-corrected chi connectivity index (χ0v) is 19.6. The number of benzene rings is 2. The molecule has 0 aromatic heterocycles. The molecule has 2 aromatic rings. The monoisotopic (exact) mass is 471 g/mol. The van der Waals surface area contributed by atoms with Crippen molar-refractivity contribution in [3.05, 3.63) is 77.9 Å². The SMILES string of the molecule is C=CCNS(=O)(=O)c1ccc(C(=O)NCc2ccc(C(=O)N3CC(C)OC(C)C3)cc2)cc1. The van der Waals surface area contributed by atoms with Gasteiger partial charge in [0.2, 0.25) is 10.0 Å². The molecule has 33 heavy (non-hydrogen) atoms. The Balaban J connectivity index is 1.56. The van der Waals surface area contributed by atoms with E-state index in [4.69, 9.17) is 4.74 Å². The second-order valence-corrected chi connectivity index (χ2v) is 9.78. The molecule has 1 fully saturated rings. The first-order chi connectivity index (χ1) is 15.7. The predicted molar refractivity (Wildman–Crippen MR) is 125 cm³/mol. The van der Waals surface area contributed by atoms with Gasteiger partial charge in [-0.1, -0.05) is 18.2 Å². The van der Waals surface area contributed by atoms with Crippen LogP contribution in [0.2, 0.25) is 0 Å². The number of hydrogen-bond donors (Lipinski definition) is 2. The fourth-order valence-corrected chi connectivity index (χ4v) is 4.61. The highest BCUT2D eigenvalue weighted by atomic mass is 32.2. The molecule has 0 saturated carbocycles. The van der Waals surface area contributed by atoms with E-state index in [2.05, 4.69) is 16.6 Å². The first kappa shape index (κ1) is 24.6. The summed E-state index contributed by atoms with van der Waals surface area (Å²) in [5.41, 5.74) is 1.78. The summed E-state index contributed by atoms with van der Waals surface area (Å²) >= 11 is 0. The molecule has 1 aliphatic heterocycles. The summed E-state index contributed by atoms with van der Waals surface area (Å²) in [6.07, 6.45) is 1.46. The molecule has 1 saturated heterocycles. The Hall–Kier alpha value is -3.01. The van der Waals surface area contributed by atoms with Gasteiger partial charge < -0.3 is 15.0 Å². The van der Waals surface area contributed by atoms with E-state index in [-0.39, 0.29) is 42.0 Å². The number of hydrogen-bond acceptors (Lipinski definition) is 5. The van der Waals surface area contributed by atoms with E-state index in [1.165, 1.54) is 30.3 Å². The molecular formula is C24H29N3O5S. The van der Waals surface area contributed by atoms with E-state index < -0.39 is 10.0 Å². The topological polar surface area (TPSA) is 105 Å². The minimum atomic E-state index is -3.64. The van der Waals surface area contributed by atoms with Crippen LogP contribution in [0.1, 0.15) is 40.1 Å². The maximum atomic E-state index is 12.8. The zero-order chi connectivity index (χ0) is 24.0. The van der Waals surface area contributed by atoms with Gasteiger partial charge >= 0.3 is 0 Å². The molecule has 9 heteroatoms. The van der Waals surface area contributed by atoms with Crippen LogP contribution < -0.4 is 10.0 Å². The van der Waals surface area contributed by atoms with Gasteiger partial charge in [0.25, 0.3) is 11.8 Å². The summed E-state index contributed by atoms with van der Waals surface area (Å²) in [7, 11) is -3.64. The molecule has 0 bridgehead atoms. The van der Waals surface area contributed by atoms with Crippen molar-refractivity contribution in [2.24, 2.45) is 0 Å². The number of rotatable bonds is 8. The summed E-state index contributed by atoms with van der Waals surface area (Å²) < 4.78 is 32.3. The molecule has 1 heterocycles. The number of carbonyl (C=O) groups excluding carboxylic acids is 2. The van der Waals surface area contributed by atoms with Gasteiger partial charge in [0.1, 0.15) is 0 Å². The number of amides is 2. The van der Waals surface area contributed by atoms with Crippen molar-refractivity contribution in [1.29, 1.82) is 0 Å². The maximum absolute atomic E-state index is 12.8. The highest BCUT2D eigenvalue weighted by molar-refractivity contribution is 7.89. The van der Waals surface area contributed by atoms with Crippen molar-refractivity contribution < 1.29 is 22.7 Å². The molecule has 0 radical (unpaired) electrons. The van der Waals surface area contributed by atoms with Crippen LogP contribution in [-0.2, 0) is 21.3 Å². The number of nitrogens with zero attached hydrogens (tertiary/aromatic N) is 1. The van der Waals surface area contributed by atoms with E-state index in [9.17, 15) is 18.0 Å². The number of ether oxygens (including phenoxy) is 1. The van der Waals surface area contributed by atoms with Crippen molar-refractivity contribution in [2.45, 2.75) is 37.5 Å². The van der Waals surface area contributed by atoms with E-state index in [1.54, 1.807) is 17.0 Å². The molecule has 2 unspecified atom stereocenters. The van der Waals surface area contributed by atoms with Crippen LogP contribution in [0.5, 0.6) is 0 Å². The molecule has 8 nitrogen and oxygen atoms in total. The average Bonchev–Trinajstić information content (AvgIpc) is 2.80. The van der Waals surface area contributed by atoms with Crippen LogP contribution in [0.15, 0.2) is 66.1 Å². The number of carbonyl (C=O) groups is 2. The Morgan fingerprint density at radius 1 is 1.03 bits per heavy atom. The lowest BCUT2D eigenvalue weighted by Crippen LogP contribution is -2.48. The van der Waals surface area contributed by atoms with Crippen LogP contribution >= 0.6 is 0 Å². The maximum Gasteiger partial charge on any atom is 0.254 e. The molecule has 0 spiro atoms. The zero-order valence-electron chi connectivity index (χ0n) is 18.8. The molecule has 0 aliphatic carbocycles. The van der Waals surface area contributed by atoms with Gasteiger partial charge in [-0.05, 0) is 55.8 Å². The third kappa shape index (κ3) is 6.50. The van der Waals surface area contributed by atoms with Gasteiger partial charge in [-0.3, -0.25) is 9.59 Å². The molecule has 3 rings (SSSR count). The molecule has 2 N–H and O–H groups in total. The van der Waals surface area contributed by atoms with Gasteiger partial charge in [-0.25, -0.2) is 13.1 Å². The van der Waals surface area contributed by atoms with Gasteiger partial charge in [-0.2, -0.15) is 0 Å². The number of sulfonamides is 1. The fourth-order valence-electron chi connectivity index (χ4n) is 3.61. The first-order valence-corrected chi connectivity index (χ1v) is 12.2. The Morgan fingerprint density at radius 2 is 1.61 bits per heavy atom. The molecule has 176 valence electrons. The lowest BCUT2D eigenvalue weighted by Gasteiger charge is -2.35. The van der Waals surface area contributed by atoms with Crippen LogP contribution in [-0.4, -0.2) is 57.0 Å². The summed E-state index contributed by atoms with van der Waals surface area (Å²) in [6.45, 7) is 8.91. The third-order valence-corrected chi connectivity index (χ3v) is 6.64. The third-order valence-electron chi connectivity index (χ3n) is 5.21. The van der Waals surface area contributed by atoms with Crippen molar-refractivity contribution >= 4 is 21.8 Å². The Bertz CT molecular complexity index is 1090. The first-order valence-electron chi connectivity index (χ1n) is 10.7. The molecule has 2 amide bonds. The van der Waals surface area contributed by atoms with E-state index in [0.29, 0.717) is 24.2 Å². The van der Waals surface area contributed by atoms with Crippen LogP contribution in [0.3, 0.4) is 0 Å². The quantitative estimate of drug-likeness (QED) is 0.575. The lowest BCUT2D eigenvalue weighted by atomic mass is 10.1. The number of nitrogens with one attached hydrogen (secondary N) is 2. The van der Waals surface area contributed by atoms with Crippen molar-refractivity contribution in [3.63, 3.8) is 0 Å². The van der Waals surface area contributed by atoms with Crippen LogP contribution in [0, 0.1) is 0 Å². The summed E-state index contributed by atoms with van der Waals surface area (Å²) in [6, 6.07) is 12.8. The summed E-state index contributed by atoms with van der Waals surface area (Å²) in [4.78, 5) is 27.1. The van der Waals surface area contributed by atoms with Gasteiger partial charge in [-0.15, -0.1) is 6.58 Å². The van der Waals surface area contributed by atoms with Gasteiger partial charge in [0, 0.05) is 37.3 Å². The van der Waals surface area contributed by atoms with Crippen molar-refractivity contribution in [1.82, 2.24) is 14.9 Å². The molecule has 1 aliphatic rings. The van der Waals surface area contributed by atoms with Crippen LogP contribution in [0.25, 0.3) is 0 Å². The van der Waals surface area contributed by atoms with Crippen molar-refractivity contribution in [3.8, 4) is 0 Å². The van der Waals surface area contributed by atoms with Crippen molar-refractivity contribution in [2.75, 3.05) is 19.6 Å². The Kier molecular flexibility index (Phi) is 8.01. The molecular weight excluding hydrogens is 442 g/mol. The highest BCUT2D eigenvalue weighted by Crippen LogP contribution is 2.15. The van der Waals surface area contributed by atoms with Crippen LogP contribution in [0.4, 0.5) is 0 Å². The Morgan fingerprint density at radius 3 is 2.18 bits per heavy atom. The Labute approximate surface area is 194 Å². The predicted octanol–water partition coefficient (Wildman–Crippen LogP) is 2.33. The summed E-state index contributed by atoms with van der Waals surface area (Å²) in [5.74, 6) is -0.361. The lowest BCUT2D eigenvalue weighted by molar-refractivity contribution is -0.0586. The second-order valence-electron chi connectivity index (χ2n) is 8.01.